The smallest absolute Gasteiger partial charge is 0.337 e. The number of ether oxygens (including phenoxy) is 1. The lowest BCUT2D eigenvalue weighted by molar-refractivity contribution is 0.0600. The zero-order chi connectivity index (χ0) is 15.4. The van der Waals surface area contributed by atoms with Crippen molar-refractivity contribution in [3.05, 3.63) is 58.1 Å². The van der Waals surface area contributed by atoms with Crippen molar-refractivity contribution in [3.63, 3.8) is 0 Å². The van der Waals surface area contributed by atoms with Crippen LogP contribution in [0.2, 0.25) is 0 Å². The van der Waals surface area contributed by atoms with E-state index in [1.165, 1.54) is 37.6 Å². The largest absolute Gasteiger partial charge is 0.465 e. The molecule has 0 atom stereocenters. The number of nitrogens with zero attached hydrogens (tertiary/aromatic N) is 1. The first-order valence-electron chi connectivity index (χ1n) is 5.82. The van der Waals surface area contributed by atoms with Crippen LogP contribution >= 0.6 is 15.9 Å². The molecule has 1 N–H and O–H groups in total. The Morgan fingerprint density at radius 2 is 2.00 bits per heavy atom. The average Bonchev–Trinajstić information content (AvgIpc) is 2.48. The van der Waals surface area contributed by atoms with Crippen molar-refractivity contribution < 1.29 is 18.7 Å². The molecule has 0 aliphatic rings. The van der Waals surface area contributed by atoms with E-state index in [2.05, 4.69) is 31.0 Å². The summed E-state index contributed by atoms with van der Waals surface area (Å²) in [6.45, 7) is 0. The Bertz CT molecular complexity index is 706. The van der Waals surface area contributed by atoms with Crippen LogP contribution in [0.15, 0.2) is 41.1 Å². The number of anilines is 1. The highest BCUT2D eigenvalue weighted by Gasteiger charge is 2.13. The molecule has 108 valence electrons. The second kappa shape index (κ2) is 6.45. The molecule has 7 heteroatoms. The van der Waals surface area contributed by atoms with Gasteiger partial charge >= 0.3 is 5.97 Å². The number of nitrogens with one attached hydrogen (secondary N) is 1. The highest BCUT2D eigenvalue weighted by molar-refractivity contribution is 9.10. The molecular weight excluding hydrogens is 343 g/mol. The number of carbonyl (C=O) groups excluding carboxylic acids is 2. The fourth-order valence-corrected chi connectivity index (χ4v) is 1.97. The van der Waals surface area contributed by atoms with Gasteiger partial charge < -0.3 is 10.1 Å². The fourth-order valence-electron chi connectivity index (χ4n) is 1.60. The number of halogens is 2. The molecule has 0 aliphatic heterocycles. The number of amides is 1. The summed E-state index contributed by atoms with van der Waals surface area (Å²) in [5.41, 5.74) is 0.348. The topological polar surface area (TPSA) is 68.3 Å². The second-order valence-corrected chi connectivity index (χ2v) is 4.82. The summed E-state index contributed by atoms with van der Waals surface area (Å²) in [4.78, 5) is 27.3. The first-order chi connectivity index (χ1) is 10.0. The molecule has 0 aliphatic carbocycles. The molecule has 0 fully saturated rings. The van der Waals surface area contributed by atoms with E-state index in [-0.39, 0.29) is 11.3 Å². The van der Waals surface area contributed by atoms with Crippen LogP contribution in [0.4, 0.5) is 10.1 Å². The van der Waals surface area contributed by atoms with Crippen LogP contribution in [0.5, 0.6) is 0 Å². The number of hydrogen-bond acceptors (Lipinski definition) is 4. The summed E-state index contributed by atoms with van der Waals surface area (Å²) in [5.74, 6) is -1.78. The molecule has 0 spiro atoms. The normalized spacial score (nSPS) is 10.0. The summed E-state index contributed by atoms with van der Waals surface area (Å²) < 4.78 is 18.7. The van der Waals surface area contributed by atoms with Gasteiger partial charge in [0.2, 0.25) is 0 Å². The third kappa shape index (κ3) is 3.63. The predicted octanol–water partition coefficient (Wildman–Crippen LogP) is 3.02. The number of methoxy groups -OCH3 is 1. The lowest BCUT2D eigenvalue weighted by Crippen LogP contribution is -2.14. The van der Waals surface area contributed by atoms with Gasteiger partial charge in [0, 0.05) is 11.8 Å². The van der Waals surface area contributed by atoms with E-state index in [9.17, 15) is 14.0 Å². The van der Waals surface area contributed by atoms with Crippen molar-refractivity contribution in [2.45, 2.75) is 0 Å². The van der Waals surface area contributed by atoms with Crippen LogP contribution in [0.3, 0.4) is 0 Å². The molecule has 21 heavy (non-hydrogen) atoms. The summed E-state index contributed by atoms with van der Waals surface area (Å²) in [6, 6.07) is 6.57. The van der Waals surface area contributed by atoms with Crippen molar-refractivity contribution in [2.24, 2.45) is 0 Å². The first kappa shape index (κ1) is 15.1. The zero-order valence-corrected chi connectivity index (χ0v) is 12.5. The van der Waals surface area contributed by atoms with Gasteiger partial charge in [0.15, 0.2) is 0 Å². The fraction of sp³-hybridized carbons (Fsp3) is 0.0714. The summed E-state index contributed by atoms with van der Waals surface area (Å²) in [7, 11) is 1.22. The van der Waals surface area contributed by atoms with Gasteiger partial charge in [-0.05, 0) is 46.3 Å². The molecule has 2 aromatic rings. The Hall–Kier alpha value is -2.28. The molecule has 0 saturated heterocycles. The predicted molar refractivity (Wildman–Crippen MR) is 77.6 cm³/mol. The Balaban J connectivity index is 2.26. The van der Waals surface area contributed by atoms with E-state index in [4.69, 9.17) is 0 Å². The molecule has 1 heterocycles. The van der Waals surface area contributed by atoms with Crippen molar-refractivity contribution >= 4 is 33.5 Å². The molecular formula is C14H10BrFN2O3. The Kier molecular flexibility index (Phi) is 4.64. The minimum absolute atomic E-state index is 0.101. The average molecular weight is 353 g/mol. The van der Waals surface area contributed by atoms with Gasteiger partial charge in [0.25, 0.3) is 5.91 Å². The first-order valence-corrected chi connectivity index (χ1v) is 6.61. The summed E-state index contributed by atoms with van der Waals surface area (Å²) in [5, 5.41) is 2.40. The van der Waals surface area contributed by atoms with Crippen molar-refractivity contribution in [2.75, 3.05) is 12.4 Å². The lowest BCUT2D eigenvalue weighted by atomic mass is 10.2. The minimum atomic E-state index is -0.649. The van der Waals surface area contributed by atoms with E-state index < -0.39 is 17.7 Å². The number of aromatic nitrogens is 1. The molecule has 0 unspecified atom stereocenters. The van der Waals surface area contributed by atoms with E-state index in [1.54, 1.807) is 0 Å². The van der Waals surface area contributed by atoms with Crippen LogP contribution in [0.1, 0.15) is 20.7 Å². The monoisotopic (exact) mass is 352 g/mol. The van der Waals surface area contributed by atoms with E-state index in [0.29, 0.717) is 10.2 Å². The summed E-state index contributed by atoms with van der Waals surface area (Å²) >= 11 is 3.14. The number of rotatable bonds is 3. The number of benzene rings is 1. The maximum Gasteiger partial charge on any atom is 0.337 e. The third-order valence-corrected chi connectivity index (χ3v) is 3.06. The Labute approximate surface area is 128 Å². The molecule has 1 amide bonds. The van der Waals surface area contributed by atoms with Crippen molar-refractivity contribution in [3.8, 4) is 0 Å². The number of pyridine rings is 1. The Morgan fingerprint density at radius 3 is 2.67 bits per heavy atom. The zero-order valence-electron chi connectivity index (χ0n) is 10.9. The lowest BCUT2D eigenvalue weighted by Gasteiger charge is -2.08. The van der Waals surface area contributed by atoms with Crippen LogP contribution in [-0.4, -0.2) is 24.0 Å². The third-order valence-electron chi connectivity index (χ3n) is 2.62. The van der Waals surface area contributed by atoms with Gasteiger partial charge in [-0.15, -0.1) is 0 Å². The number of carbonyl (C=O) groups is 2. The Morgan fingerprint density at radius 1 is 1.24 bits per heavy atom. The molecule has 0 radical (unpaired) electrons. The highest BCUT2D eigenvalue weighted by atomic mass is 79.9. The maximum atomic E-state index is 13.7. The van der Waals surface area contributed by atoms with E-state index >= 15 is 0 Å². The van der Waals surface area contributed by atoms with Crippen molar-refractivity contribution in [1.82, 2.24) is 4.98 Å². The molecule has 1 aromatic heterocycles. The van der Waals surface area contributed by atoms with Crippen LogP contribution in [-0.2, 0) is 4.74 Å². The van der Waals surface area contributed by atoms with Gasteiger partial charge in [0.05, 0.1) is 18.4 Å². The van der Waals surface area contributed by atoms with Crippen molar-refractivity contribution in [1.29, 1.82) is 0 Å². The molecule has 0 saturated carbocycles. The van der Waals surface area contributed by atoms with Crippen LogP contribution in [0, 0.1) is 5.82 Å². The van der Waals surface area contributed by atoms with Gasteiger partial charge in [0.1, 0.15) is 10.4 Å². The molecule has 5 nitrogen and oxygen atoms in total. The summed E-state index contributed by atoms with van der Waals surface area (Å²) in [6.07, 6.45) is 1.44. The standard InChI is InChI=1S/C14H10BrFN2O3/c1-21-14(20)9-2-3-10(16)11(6-9)18-13(19)8-4-5-17-12(15)7-8/h2-7H,1H3,(H,18,19). The van der Waals surface area contributed by atoms with Crippen LogP contribution < -0.4 is 5.32 Å². The number of esters is 1. The minimum Gasteiger partial charge on any atom is -0.465 e. The van der Waals surface area contributed by atoms with Crippen LogP contribution in [0.25, 0.3) is 0 Å². The van der Waals surface area contributed by atoms with E-state index in [1.807, 2.05) is 0 Å². The van der Waals surface area contributed by atoms with Gasteiger partial charge in [-0.1, -0.05) is 0 Å². The second-order valence-electron chi connectivity index (χ2n) is 4.01. The SMILES string of the molecule is COC(=O)c1ccc(F)c(NC(=O)c2ccnc(Br)c2)c1. The molecule has 1 aromatic carbocycles. The highest BCUT2D eigenvalue weighted by Crippen LogP contribution is 2.18. The quantitative estimate of drug-likeness (QED) is 0.680. The number of hydrogen-bond donors (Lipinski definition) is 1. The maximum absolute atomic E-state index is 13.7. The van der Waals surface area contributed by atoms with E-state index in [0.717, 1.165) is 6.07 Å². The van der Waals surface area contributed by atoms with Gasteiger partial charge in [-0.25, -0.2) is 14.2 Å². The van der Waals surface area contributed by atoms with Gasteiger partial charge in [-0.3, -0.25) is 4.79 Å². The van der Waals surface area contributed by atoms with Gasteiger partial charge in [-0.2, -0.15) is 0 Å². The molecule has 0 bridgehead atoms. The molecule has 2 rings (SSSR count).